The van der Waals surface area contributed by atoms with Crippen LogP contribution in [-0.4, -0.2) is 52.5 Å². The largest absolute Gasteiger partial charge is 0.477 e. The van der Waals surface area contributed by atoms with E-state index in [2.05, 4.69) is 0 Å². The third kappa shape index (κ3) is 2.72. The second-order valence-electron chi connectivity index (χ2n) is 5.54. The summed E-state index contributed by atoms with van der Waals surface area (Å²) < 4.78 is 28.6. The highest BCUT2D eigenvalue weighted by Gasteiger charge is 2.35. The van der Waals surface area contributed by atoms with Gasteiger partial charge >= 0.3 is 5.97 Å². The predicted molar refractivity (Wildman–Crippen MR) is 80.3 cm³/mol. The summed E-state index contributed by atoms with van der Waals surface area (Å²) in [6, 6.07) is 1.37. The maximum Gasteiger partial charge on any atom is 0.352 e. The quantitative estimate of drug-likeness (QED) is 0.908. The van der Waals surface area contributed by atoms with Gasteiger partial charge in [-0.25, -0.2) is 13.2 Å². The van der Waals surface area contributed by atoms with Gasteiger partial charge in [0.1, 0.15) is 10.6 Å². The number of sulfonamides is 1. The molecule has 1 saturated carbocycles. The Kier molecular flexibility index (Phi) is 3.79. The van der Waals surface area contributed by atoms with Crippen molar-refractivity contribution in [1.82, 2.24) is 8.87 Å². The first-order valence-corrected chi connectivity index (χ1v) is 9.55. The summed E-state index contributed by atoms with van der Waals surface area (Å²) in [5, 5.41) is 9.25. The Morgan fingerprint density at radius 3 is 2.71 bits per heavy atom. The highest BCUT2D eigenvalue weighted by molar-refractivity contribution is 7.99. The molecule has 3 rings (SSSR count). The number of hydrogen-bond donors (Lipinski definition) is 1. The van der Waals surface area contributed by atoms with E-state index in [1.807, 2.05) is 6.92 Å². The summed E-state index contributed by atoms with van der Waals surface area (Å²) in [6.07, 6.45) is 3.31. The number of carboxylic acids is 1. The summed E-state index contributed by atoms with van der Waals surface area (Å²) in [5.41, 5.74) is 0.0649. The zero-order valence-corrected chi connectivity index (χ0v) is 13.4. The molecule has 2 heterocycles. The monoisotopic (exact) mass is 330 g/mol. The average Bonchev–Trinajstić information content (AvgIpc) is 3.16. The molecule has 1 atom stereocenters. The van der Waals surface area contributed by atoms with Crippen LogP contribution in [0.1, 0.15) is 36.3 Å². The summed E-state index contributed by atoms with van der Waals surface area (Å²) in [7, 11) is -3.62. The van der Waals surface area contributed by atoms with Crippen LogP contribution in [0.5, 0.6) is 0 Å². The Hall–Kier alpha value is -0.990. The molecule has 1 aliphatic carbocycles. The summed E-state index contributed by atoms with van der Waals surface area (Å²) in [5.74, 6) is 0.471. The fourth-order valence-electron chi connectivity index (χ4n) is 2.63. The number of aromatic carboxylic acids is 1. The normalized spacial score (nSPS) is 24.1. The van der Waals surface area contributed by atoms with E-state index in [4.69, 9.17) is 0 Å². The van der Waals surface area contributed by atoms with Crippen molar-refractivity contribution in [2.45, 2.75) is 36.7 Å². The molecule has 116 valence electrons. The van der Waals surface area contributed by atoms with Crippen molar-refractivity contribution >= 4 is 27.8 Å². The van der Waals surface area contributed by atoms with Gasteiger partial charge in [0.25, 0.3) is 0 Å². The number of carbonyl (C=O) groups is 1. The number of hydrogen-bond acceptors (Lipinski definition) is 4. The second-order valence-corrected chi connectivity index (χ2v) is 8.58. The molecule has 1 unspecified atom stereocenters. The van der Waals surface area contributed by atoms with Gasteiger partial charge in [0.05, 0.1) is 0 Å². The zero-order valence-electron chi connectivity index (χ0n) is 11.7. The van der Waals surface area contributed by atoms with Crippen molar-refractivity contribution in [3.63, 3.8) is 0 Å². The van der Waals surface area contributed by atoms with Gasteiger partial charge in [-0.3, -0.25) is 0 Å². The van der Waals surface area contributed by atoms with Gasteiger partial charge in [-0.1, -0.05) is 0 Å². The summed E-state index contributed by atoms with van der Waals surface area (Å²) in [4.78, 5) is 11.4. The molecule has 8 heteroatoms. The van der Waals surface area contributed by atoms with Gasteiger partial charge in [0, 0.05) is 36.3 Å². The van der Waals surface area contributed by atoms with Crippen molar-refractivity contribution in [2.75, 3.05) is 18.1 Å². The lowest BCUT2D eigenvalue weighted by molar-refractivity contribution is 0.0685. The molecule has 1 aliphatic heterocycles. The van der Waals surface area contributed by atoms with Crippen molar-refractivity contribution in [1.29, 1.82) is 0 Å². The number of aromatic nitrogens is 1. The Morgan fingerprint density at radius 2 is 2.14 bits per heavy atom. The second kappa shape index (κ2) is 5.33. The van der Waals surface area contributed by atoms with Crippen LogP contribution in [0.15, 0.2) is 17.2 Å². The van der Waals surface area contributed by atoms with Gasteiger partial charge < -0.3 is 9.67 Å². The van der Waals surface area contributed by atoms with Gasteiger partial charge in [0.2, 0.25) is 10.0 Å². The van der Waals surface area contributed by atoms with E-state index in [0.29, 0.717) is 6.54 Å². The third-order valence-corrected chi connectivity index (χ3v) is 7.06. The molecule has 2 fully saturated rings. The molecule has 0 aromatic carbocycles. The molecule has 1 aromatic heterocycles. The molecule has 0 spiro atoms. The van der Waals surface area contributed by atoms with Crippen molar-refractivity contribution in [3.05, 3.63) is 18.0 Å². The van der Waals surface area contributed by atoms with Crippen LogP contribution < -0.4 is 0 Å². The van der Waals surface area contributed by atoms with Crippen LogP contribution in [0.25, 0.3) is 0 Å². The molecule has 1 aromatic rings. The lowest BCUT2D eigenvalue weighted by Crippen LogP contribution is -2.44. The van der Waals surface area contributed by atoms with E-state index in [1.54, 1.807) is 16.3 Å². The van der Waals surface area contributed by atoms with Crippen molar-refractivity contribution in [3.8, 4) is 0 Å². The van der Waals surface area contributed by atoms with E-state index in [9.17, 15) is 18.3 Å². The van der Waals surface area contributed by atoms with E-state index >= 15 is 0 Å². The van der Waals surface area contributed by atoms with E-state index in [1.165, 1.54) is 16.6 Å². The van der Waals surface area contributed by atoms with Crippen molar-refractivity contribution < 1.29 is 18.3 Å². The van der Waals surface area contributed by atoms with Crippen LogP contribution in [-0.2, 0) is 10.0 Å². The number of thioether (sulfide) groups is 1. The minimum absolute atomic E-state index is 0.0636. The molecule has 2 aliphatic rings. The first-order chi connectivity index (χ1) is 9.91. The maximum atomic E-state index is 12.7. The molecule has 0 bridgehead atoms. The predicted octanol–water partition coefficient (Wildman–Crippen LogP) is 1.65. The Bertz CT molecular complexity index is 664. The first kappa shape index (κ1) is 14.9. The van der Waals surface area contributed by atoms with E-state index in [-0.39, 0.29) is 22.7 Å². The smallest absolute Gasteiger partial charge is 0.352 e. The Labute approximate surface area is 128 Å². The van der Waals surface area contributed by atoms with Crippen LogP contribution in [0, 0.1) is 0 Å². The van der Waals surface area contributed by atoms with E-state index < -0.39 is 16.0 Å². The van der Waals surface area contributed by atoms with Crippen LogP contribution >= 0.6 is 11.8 Å². The fraction of sp³-hybridized carbons (Fsp3) is 0.615. The van der Waals surface area contributed by atoms with Gasteiger partial charge in [0.15, 0.2) is 0 Å². The molecule has 6 nitrogen and oxygen atoms in total. The van der Waals surface area contributed by atoms with Crippen LogP contribution in [0.2, 0.25) is 0 Å². The van der Waals surface area contributed by atoms with E-state index in [0.717, 1.165) is 24.3 Å². The zero-order chi connectivity index (χ0) is 15.2. The maximum absolute atomic E-state index is 12.7. The molecule has 0 radical (unpaired) electrons. The third-order valence-electron chi connectivity index (χ3n) is 3.90. The minimum atomic E-state index is -3.62. The molecular formula is C13H18N2O4S2. The lowest BCUT2D eigenvalue weighted by atomic mass is 10.4. The molecule has 0 amide bonds. The highest BCUT2D eigenvalue weighted by Crippen LogP contribution is 2.38. The first-order valence-electron chi connectivity index (χ1n) is 6.96. The van der Waals surface area contributed by atoms with Crippen molar-refractivity contribution in [2.24, 2.45) is 0 Å². The highest BCUT2D eigenvalue weighted by atomic mass is 32.2. The summed E-state index contributed by atoms with van der Waals surface area (Å²) >= 11 is 1.74. The number of carboxylic acid groups (broad SMARTS) is 1. The fourth-order valence-corrected chi connectivity index (χ4v) is 5.51. The SMILES string of the molecule is CC1CSCCN1S(=O)(=O)c1cc(C(=O)O)n(C2CC2)c1. The van der Waals surface area contributed by atoms with Gasteiger partial charge in [-0.05, 0) is 25.8 Å². The Balaban J connectivity index is 1.98. The van der Waals surface area contributed by atoms with Gasteiger partial charge in [-0.15, -0.1) is 0 Å². The molecule has 1 saturated heterocycles. The van der Waals surface area contributed by atoms with Crippen LogP contribution in [0.4, 0.5) is 0 Å². The van der Waals surface area contributed by atoms with Gasteiger partial charge in [-0.2, -0.15) is 16.1 Å². The standard InChI is InChI=1S/C13H18N2O4S2/c1-9-8-20-5-4-15(9)21(18,19)11-6-12(13(16)17)14(7-11)10-2-3-10/h6-7,9-10H,2-5,8H2,1H3,(H,16,17). The summed E-state index contributed by atoms with van der Waals surface area (Å²) in [6.45, 7) is 2.37. The van der Waals surface area contributed by atoms with Crippen LogP contribution in [0.3, 0.4) is 0 Å². The number of rotatable bonds is 4. The Morgan fingerprint density at radius 1 is 1.43 bits per heavy atom. The molecular weight excluding hydrogens is 312 g/mol. The molecule has 1 N–H and O–H groups in total. The molecule has 21 heavy (non-hydrogen) atoms. The topological polar surface area (TPSA) is 79.6 Å². The number of nitrogens with zero attached hydrogens (tertiary/aromatic N) is 2. The average molecular weight is 330 g/mol. The minimum Gasteiger partial charge on any atom is -0.477 e. The lowest BCUT2D eigenvalue weighted by Gasteiger charge is -2.31.